The van der Waals surface area contributed by atoms with Crippen LogP contribution in [-0.2, 0) is 9.22 Å². The fraction of sp³-hybridized carbons (Fsp3) is 0.750. The zero-order chi connectivity index (χ0) is 13.0. The molecule has 0 aromatic carbocycles. The van der Waals surface area contributed by atoms with Crippen molar-refractivity contribution in [1.29, 1.82) is 0 Å². The van der Waals surface area contributed by atoms with Gasteiger partial charge in [-0.3, -0.25) is 4.79 Å². The van der Waals surface area contributed by atoms with E-state index in [1.165, 1.54) is 0 Å². The second-order valence-electron chi connectivity index (χ2n) is 5.58. The maximum Gasteiger partial charge on any atom is 0.303 e. The van der Waals surface area contributed by atoms with Crippen molar-refractivity contribution in [3.05, 3.63) is 12.7 Å². The highest BCUT2D eigenvalue weighted by Crippen LogP contribution is 2.37. The summed E-state index contributed by atoms with van der Waals surface area (Å²) >= 11 is 0. The predicted octanol–water partition coefficient (Wildman–Crippen LogP) is 3.43. The molecule has 0 saturated heterocycles. The Morgan fingerprint density at radius 1 is 1.50 bits per heavy atom. The lowest BCUT2D eigenvalue weighted by molar-refractivity contribution is -0.137. The van der Waals surface area contributed by atoms with Crippen molar-refractivity contribution in [2.45, 2.75) is 57.8 Å². The molecule has 0 spiro atoms. The third-order valence-electron chi connectivity index (χ3n) is 3.16. The molecule has 0 heterocycles. The van der Waals surface area contributed by atoms with Crippen molar-refractivity contribution in [3.8, 4) is 0 Å². The Kier molecular flexibility index (Phi) is 5.42. The van der Waals surface area contributed by atoms with E-state index in [-0.39, 0.29) is 17.6 Å². The Labute approximate surface area is 99.6 Å². The van der Waals surface area contributed by atoms with Gasteiger partial charge in [0.15, 0.2) is 8.32 Å². The van der Waals surface area contributed by atoms with Crippen LogP contribution in [0.5, 0.6) is 0 Å². The molecule has 1 N–H and O–H groups in total. The molecule has 0 aliphatic heterocycles. The zero-order valence-electron chi connectivity index (χ0n) is 11.0. The van der Waals surface area contributed by atoms with Crippen LogP contribution in [0.25, 0.3) is 0 Å². The Balaban J connectivity index is 4.42. The number of carboxylic acids is 1. The monoisotopic (exact) mass is 244 g/mol. The number of hydrogen-bond acceptors (Lipinski definition) is 2. The summed E-state index contributed by atoms with van der Waals surface area (Å²) in [5.74, 6) is -0.786. The number of carboxylic acid groups (broad SMARTS) is 1. The van der Waals surface area contributed by atoms with Crippen molar-refractivity contribution < 1.29 is 14.3 Å². The minimum atomic E-state index is -1.83. The highest BCUT2D eigenvalue weighted by molar-refractivity contribution is 6.74. The molecule has 0 unspecified atom stereocenters. The topological polar surface area (TPSA) is 46.5 Å². The number of rotatable bonds is 6. The van der Waals surface area contributed by atoms with Crippen LogP contribution in [0.4, 0.5) is 0 Å². The molecule has 0 amide bonds. The molecule has 4 heteroatoms. The van der Waals surface area contributed by atoms with Crippen molar-refractivity contribution in [1.82, 2.24) is 0 Å². The number of carbonyl (C=O) groups is 1. The molecule has 0 aromatic rings. The molecule has 0 radical (unpaired) electrons. The first-order valence-corrected chi connectivity index (χ1v) is 8.53. The Hall–Kier alpha value is -0.613. The van der Waals surface area contributed by atoms with E-state index in [1.54, 1.807) is 6.08 Å². The largest absolute Gasteiger partial charge is 0.481 e. The van der Waals surface area contributed by atoms with Crippen LogP contribution in [0, 0.1) is 0 Å². The normalized spacial score (nSPS) is 14.6. The molecule has 0 fully saturated rings. The minimum absolute atomic E-state index is 0.130. The third-order valence-corrected chi connectivity index (χ3v) is 7.66. The van der Waals surface area contributed by atoms with Crippen molar-refractivity contribution in [3.63, 3.8) is 0 Å². The van der Waals surface area contributed by atoms with Gasteiger partial charge in [-0.05, 0) is 24.6 Å². The minimum Gasteiger partial charge on any atom is -0.481 e. The SMILES string of the molecule is C=C[C@H](CCC(=O)O)O[Si](C)(C)C(C)(C)C. The summed E-state index contributed by atoms with van der Waals surface area (Å²) in [6.45, 7) is 14.5. The zero-order valence-corrected chi connectivity index (χ0v) is 12.0. The molecule has 0 aliphatic carbocycles. The average molecular weight is 244 g/mol. The summed E-state index contributed by atoms with van der Waals surface area (Å²) in [7, 11) is -1.83. The van der Waals surface area contributed by atoms with E-state index in [0.717, 1.165) is 0 Å². The van der Waals surface area contributed by atoms with Gasteiger partial charge in [-0.15, -0.1) is 6.58 Å². The number of aliphatic carboxylic acids is 1. The molecular formula is C12H24O3Si. The van der Waals surface area contributed by atoms with Gasteiger partial charge in [0.25, 0.3) is 0 Å². The van der Waals surface area contributed by atoms with Gasteiger partial charge in [-0.25, -0.2) is 0 Å². The molecule has 3 nitrogen and oxygen atoms in total. The maximum atomic E-state index is 10.5. The van der Waals surface area contributed by atoms with Crippen LogP contribution >= 0.6 is 0 Å². The molecule has 16 heavy (non-hydrogen) atoms. The molecule has 0 saturated carbocycles. The van der Waals surface area contributed by atoms with Crippen LogP contribution in [0.2, 0.25) is 18.1 Å². The summed E-state index contributed by atoms with van der Waals surface area (Å²) in [4.78, 5) is 10.5. The van der Waals surface area contributed by atoms with E-state index in [2.05, 4.69) is 40.4 Å². The Morgan fingerprint density at radius 2 is 2.00 bits per heavy atom. The lowest BCUT2D eigenvalue weighted by atomic mass is 10.2. The maximum absolute atomic E-state index is 10.5. The quantitative estimate of drug-likeness (QED) is 0.575. The molecule has 0 aromatic heterocycles. The molecule has 0 rings (SSSR count). The summed E-state index contributed by atoms with van der Waals surface area (Å²) in [5, 5.41) is 8.77. The number of hydrogen-bond donors (Lipinski definition) is 1. The van der Waals surface area contributed by atoms with Gasteiger partial charge < -0.3 is 9.53 Å². The van der Waals surface area contributed by atoms with E-state index < -0.39 is 14.3 Å². The van der Waals surface area contributed by atoms with Gasteiger partial charge in [-0.1, -0.05) is 26.8 Å². The highest BCUT2D eigenvalue weighted by Gasteiger charge is 2.38. The van der Waals surface area contributed by atoms with Gasteiger partial charge in [-0.2, -0.15) is 0 Å². The van der Waals surface area contributed by atoms with Crippen LogP contribution in [0.15, 0.2) is 12.7 Å². The second-order valence-corrected chi connectivity index (χ2v) is 10.3. The average Bonchev–Trinajstić information content (AvgIpc) is 2.09. The molecule has 0 aliphatic rings. The Bertz CT molecular complexity index is 253. The third kappa shape index (κ3) is 4.94. The van der Waals surface area contributed by atoms with Gasteiger partial charge in [0.2, 0.25) is 0 Å². The van der Waals surface area contributed by atoms with Crippen molar-refractivity contribution in [2.75, 3.05) is 0 Å². The summed E-state index contributed by atoms with van der Waals surface area (Å²) in [6, 6.07) is 0. The van der Waals surface area contributed by atoms with E-state index >= 15 is 0 Å². The van der Waals surface area contributed by atoms with Gasteiger partial charge in [0.05, 0.1) is 6.10 Å². The van der Waals surface area contributed by atoms with E-state index in [1.807, 2.05) is 0 Å². The first-order chi connectivity index (χ1) is 7.10. The van der Waals surface area contributed by atoms with Gasteiger partial charge in [0, 0.05) is 6.42 Å². The summed E-state index contributed by atoms with van der Waals surface area (Å²) < 4.78 is 6.06. The van der Waals surface area contributed by atoms with Crippen LogP contribution in [0.1, 0.15) is 33.6 Å². The van der Waals surface area contributed by atoms with E-state index in [4.69, 9.17) is 9.53 Å². The van der Waals surface area contributed by atoms with Crippen LogP contribution in [-0.4, -0.2) is 25.5 Å². The van der Waals surface area contributed by atoms with Crippen LogP contribution in [0.3, 0.4) is 0 Å². The second kappa shape index (κ2) is 5.64. The predicted molar refractivity (Wildman–Crippen MR) is 69.1 cm³/mol. The van der Waals surface area contributed by atoms with E-state index in [0.29, 0.717) is 6.42 Å². The molecule has 1 atom stereocenters. The fourth-order valence-corrected chi connectivity index (χ4v) is 2.37. The fourth-order valence-electron chi connectivity index (χ4n) is 1.05. The van der Waals surface area contributed by atoms with E-state index in [9.17, 15) is 4.79 Å². The Morgan fingerprint density at radius 3 is 2.31 bits per heavy atom. The summed E-state index contributed by atoms with van der Waals surface area (Å²) in [5.41, 5.74) is 0. The smallest absolute Gasteiger partial charge is 0.303 e. The van der Waals surface area contributed by atoms with Gasteiger partial charge >= 0.3 is 5.97 Å². The summed E-state index contributed by atoms with van der Waals surface area (Å²) in [6.07, 6.45) is 2.21. The first kappa shape index (κ1) is 15.4. The van der Waals surface area contributed by atoms with Gasteiger partial charge in [0.1, 0.15) is 0 Å². The lowest BCUT2D eigenvalue weighted by Crippen LogP contribution is -2.43. The highest BCUT2D eigenvalue weighted by atomic mass is 28.4. The molecular weight excluding hydrogens is 220 g/mol. The first-order valence-electron chi connectivity index (χ1n) is 5.62. The lowest BCUT2D eigenvalue weighted by Gasteiger charge is -2.38. The van der Waals surface area contributed by atoms with Crippen molar-refractivity contribution >= 4 is 14.3 Å². The van der Waals surface area contributed by atoms with Crippen molar-refractivity contribution in [2.24, 2.45) is 0 Å². The molecule has 94 valence electrons. The standard InChI is InChI=1S/C12H24O3Si/c1-7-10(8-9-11(13)14)15-16(5,6)12(2,3)4/h7,10H,1,8-9H2,2-6H3,(H,13,14)/t10-/m1/s1. The molecule has 0 bridgehead atoms. The van der Waals surface area contributed by atoms with Crippen LogP contribution < -0.4 is 0 Å².